The van der Waals surface area contributed by atoms with Crippen molar-refractivity contribution in [3.63, 3.8) is 0 Å². The maximum Gasteiger partial charge on any atom is 0.220 e. The Labute approximate surface area is 311 Å². The Balaban J connectivity index is 2.40. The average Bonchev–Trinajstić information content (AvgIpc) is 3.13. The van der Waals surface area contributed by atoms with Gasteiger partial charge in [0.1, 0.15) is 24.4 Å². The van der Waals surface area contributed by atoms with Crippen molar-refractivity contribution >= 4 is 5.91 Å². The largest absolute Gasteiger partial charge is 0.394 e. The second kappa shape index (κ2) is 33.3. The molecule has 1 rings (SSSR count). The van der Waals surface area contributed by atoms with Gasteiger partial charge in [-0.05, 0) is 38.5 Å². The number of aliphatic hydroxyl groups excluding tert-OH is 5. The summed E-state index contributed by atoms with van der Waals surface area (Å²) in [5, 5.41) is 54.0. The van der Waals surface area contributed by atoms with Gasteiger partial charge in [0.25, 0.3) is 0 Å². The fourth-order valence-corrected chi connectivity index (χ4v) is 6.57. The zero-order valence-corrected chi connectivity index (χ0v) is 32.6. The van der Waals surface area contributed by atoms with Crippen molar-refractivity contribution in [3.05, 3.63) is 24.3 Å². The molecule has 1 amide bonds. The molecule has 0 aromatic rings. The van der Waals surface area contributed by atoms with Gasteiger partial charge in [-0.3, -0.25) is 4.79 Å². The minimum absolute atomic E-state index is 0.180. The Morgan fingerprint density at radius 3 is 1.67 bits per heavy atom. The highest BCUT2D eigenvalue weighted by molar-refractivity contribution is 5.76. The van der Waals surface area contributed by atoms with E-state index < -0.39 is 49.5 Å². The van der Waals surface area contributed by atoms with Crippen LogP contribution in [0.25, 0.3) is 0 Å². The second-order valence-electron chi connectivity index (χ2n) is 14.8. The summed E-state index contributed by atoms with van der Waals surface area (Å²) in [5.41, 5.74) is 0. The van der Waals surface area contributed by atoms with E-state index in [1.54, 1.807) is 6.08 Å². The van der Waals surface area contributed by atoms with Gasteiger partial charge in [0.2, 0.25) is 5.91 Å². The predicted octanol–water partition coefficient (Wildman–Crippen LogP) is 7.94. The lowest BCUT2D eigenvalue weighted by molar-refractivity contribution is -0.302. The normalized spacial score (nSPS) is 22.2. The quantitative estimate of drug-likeness (QED) is 0.0289. The Hall–Kier alpha value is -1.33. The van der Waals surface area contributed by atoms with Crippen LogP contribution in [-0.4, -0.2) is 87.5 Å². The zero-order chi connectivity index (χ0) is 37.4. The van der Waals surface area contributed by atoms with Gasteiger partial charge in [-0.1, -0.05) is 160 Å². The second-order valence-corrected chi connectivity index (χ2v) is 14.8. The van der Waals surface area contributed by atoms with Crippen molar-refractivity contribution in [2.24, 2.45) is 0 Å². The maximum atomic E-state index is 12.9. The highest BCUT2D eigenvalue weighted by Gasteiger charge is 2.44. The van der Waals surface area contributed by atoms with Crippen LogP contribution < -0.4 is 5.32 Å². The van der Waals surface area contributed by atoms with E-state index in [9.17, 15) is 30.3 Å². The standard InChI is InChI=1S/C42H79NO8/c1-3-5-7-9-11-13-15-17-18-20-22-24-26-28-30-32-38(46)43-35(34-50-42-41(49)40(48)39(47)37(33-44)51-42)36(45)31-29-27-25-23-21-19-16-14-12-10-8-6-4-2/h8,10,29,31,35-37,39-42,44-45,47-49H,3-7,9,11-28,30,32-34H2,1-2H3,(H,43,46)/b10-8+,31-29+/t35-,36+,37-,39-,40?,41?,42-/m0/s1. The molecule has 0 aliphatic carbocycles. The van der Waals surface area contributed by atoms with Crippen molar-refractivity contribution < 1.29 is 39.8 Å². The number of nitrogens with one attached hydrogen (secondary N) is 1. The van der Waals surface area contributed by atoms with Crippen LogP contribution in [0.4, 0.5) is 0 Å². The van der Waals surface area contributed by atoms with Crippen LogP contribution in [0.3, 0.4) is 0 Å². The molecule has 1 aliphatic heterocycles. The predicted molar refractivity (Wildman–Crippen MR) is 207 cm³/mol. The van der Waals surface area contributed by atoms with Crippen molar-refractivity contribution in [2.45, 2.75) is 224 Å². The summed E-state index contributed by atoms with van der Waals surface area (Å²) < 4.78 is 11.2. The zero-order valence-electron chi connectivity index (χ0n) is 32.6. The van der Waals surface area contributed by atoms with Crippen LogP contribution in [0.2, 0.25) is 0 Å². The topological polar surface area (TPSA) is 149 Å². The number of unbranched alkanes of at least 4 members (excludes halogenated alkanes) is 22. The fraction of sp³-hybridized carbons (Fsp3) is 0.881. The number of hydrogen-bond donors (Lipinski definition) is 6. The number of ether oxygens (including phenoxy) is 2. The molecule has 1 saturated heterocycles. The lowest BCUT2D eigenvalue weighted by Gasteiger charge is -2.40. The molecular weight excluding hydrogens is 646 g/mol. The first kappa shape index (κ1) is 47.7. The minimum Gasteiger partial charge on any atom is -0.394 e. The van der Waals surface area contributed by atoms with Crippen molar-refractivity contribution in [2.75, 3.05) is 13.2 Å². The third-order valence-corrected chi connectivity index (χ3v) is 10.0. The van der Waals surface area contributed by atoms with Gasteiger partial charge in [0.15, 0.2) is 6.29 Å². The average molecular weight is 726 g/mol. The molecule has 9 heteroatoms. The third kappa shape index (κ3) is 24.6. The van der Waals surface area contributed by atoms with Gasteiger partial charge in [0.05, 0.1) is 25.4 Å². The van der Waals surface area contributed by atoms with E-state index in [-0.39, 0.29) is 12.5 Å². The van der Waals surface area contributed by atoms with Crippen LogP contribution >= 0.6 is 0 Å². The van der Waals surface area contributed by atoms with Gasteiger partial charge in [0, 0.05) is 6.42 Å². The SMILES string of the molecule is CCC/C=C/CCCCCCCC/C=C/[C@@H](O)[C@H](CO[C@H]1O[C@@H](CO)[C@H](O)C(O)C1O)NC(=O)CCCCCCCCCCCCCCCCC. The highest BCUT2D eigenvalue weighted by Crippen LogP contribution is 2.22. The first-order chi connectivity index (χ1) is 24.8. The van der Waals surface area contributed by atoms with Crippen LogP contribution in [0.5, 0.6) is 0 Å². The summed E-state index contributed by atoms with van der Waals surface area (Å²) in [6, 6.07) is -0.802. The van der Waals surface area contributed by atoms with Gasteiger partial charge in [-0.2, -0.15) is 0 Å². The molecule has 1 fully saturated rings. The third-order valence-electron chi connectivity index (χ3n) is 10.0. The monoisotopic (exact) mass is 726 g/mol. The molecule has 2 unspecified atom stereocenters. The molecule has 9 nitrogen and oxygen atoms in total. The van der Waals surface area contributed by atoms with E-state index in [2.05, 4.69) is 31.3 Å². The number of hydrogen-bond acceptors (Lipinski definition) is 8. The summed E-state index contributed by atoms with van der Waals surface area (Å²) in [6.07, 6.45) is 30.7. The minimum atomic E-state index is -1.56. The number of aliphatic hydroxyl groups is 5. The first-order valence-corrected chi connectivity index (χ1v) is 21.1. The summed E-state index contributed by atoms with van der Waals surface area (Å²) >= 11 is 0. The highest BCUT2D eigenvalue weighted by atomic mass is 16.7. The van der Waals surface area contributed by atoms with E-state index in [1.807, 2.05) is 6.08 Å². The molecule has 0 aromatic carbocycles. The van der Waals surface area contributed by atoms with Gasteiger partial charge >= 0.3 is 0 Å². The van der Waals surface area contributed by atoms with Gasteiger partial charge in [-0.15, -0.1) is 0 Å². The van der Waals surface area contributed by atoms with Crippen LogP contribution in [0.1, 0.15) is 181 Å². The van der Waals surface area contributed by atoms with E-state index in [0.717, 1.165) is 44.9 Å². The molecular formula is C42H79NO8. The molecule has 6 N–H and O–H groups in total. The Morgan fingerprint density at radius 1 is 0.647 bits per heavy atom. The molecule has 0 aromatic heterocycles. The Bertz CT molecular complexity index is 853. The van der Waals surface area contributed by atoms with E-state index in [4.69, 9.17) is 9.47 Å². The molecule has 1 heterocycles. The lowest BCUT2D eigenvalue weighted by atomic mass is 9.99. The van der Waals surface area contributed by atoms with E-state index in [1.165, 1.54) is 116 Å². The van der Waals surface area contributed by atoms with E-state index >= 15 is 0 Å². The Morgan fingerprint density at radius 2 is 1.14 bits per heavy atom. The van der Waals surface area contributed by atoms with Crippen LogP contribution in [0, 0.1) is 0 Å². The molecule has 0 bridgehead atoms. The fourth-order valence-electron chi connectivity index (χ4n) is 6.57. The molecule has 0 radical (unpaired) electrons. The summed E-state index contributed by atoms with van der Waals surface area (Å²) in [7, 11) is 0. The van der Waals surface area contributed by atoms with Crippen molar-refractivity contribution in [1.82, 2.24) is 5.32 Å². The number of rotatable bonds is 34. The molecule has 0 saturated carbocycles. The number of carbonyl (C=O) groups is 1. The molecule has 300 valence electrons. The summed E-state index contributed by atoms with van der Waals surface area (Å²) in [4.78, 5) is 12.9. The molecule has 7 atom stereocenters. The number of carbonyl (C=O) groups excluding carboxylic acids is 1. The van der Waals surface area contributed by atoms with Crippen molar-refractivity contribution in [1.29, 1.82) is 0 Å². The molecule has 1 aliphatic rings. The molecule has 0 spiro atoms. The van der Waals surface area contributed by atoms with Gasteiger partial charge < -0.3 is 40.3 Å². The smallest absolute Gasteiger partial charge is 0.220 e. The maximum absolute atomic E-state index is 12.9. The lowest BCUT2D eigenvalue weighted by Crippen LogP contribution is -2.60. The van der Waals surface area contributed by atoms with Crippen LogP contribution in [-0.2, 0) is 14.3 Å². The van der Waals surface area contributed by atoms with E-state index in [0.29, 0.717) is 6.42 Å². The number of allylic oxidation sites excluding steroid dienone is 3. The first-order valence-electron chi connectivity index (χ1n) is 21.1. The Kier molecular flexibility index (Phi) is 31.1. The molecule has 51 heavy (non-hydrogen) atoms. The van der Waals surface area contributed by atoms with Gasteiger partial charge in [-0.25, -0.2) is 0 Å². The number of amides is 1. The summed E-state index contributed by atoms with van der Waals surface area (Å²) in [6.45, 7) is 3.70. The van der Waals surface area contributed by atoms with Crippen molar-refractivity contribution in [3.8, 4) is 0 Å². The summed E-state index contributed by atoms with van der Waals surface area (Å²) in [5.74, 6) is -0.180. The van der Waals surface area contributed by atoms with Crippen LogP contribution in [0.15, 0.2) is 24.3 Å².